The molecule has 3 aliphatic rings. The Balaban J connectivity index is 1.34. The van der Waals surface area contributed by atoms with E-state index in [0.29, 0.717) is 29.6 Å². The van der Waals surface area contributed by atoms with Crippen LogP contribution in [0.5, 0.6) is 0 Å². The molecule has 6 nitrogen and oxygen atoms in total. The Morgan fingerprint density at radius 3 is 2.79 bits per heavy atom. The van der Waals surface area contributed by atoms with E-state index in [1.165, 1.54) is 0 Å². The molecule has 1 aliphatic carbocycles. The van der Waals surface area contributed by atoms with Crippen molar-refractivity contribution in [1.29, 1.82) is 5.26 Å². The molecule has 3 atom stereocenters. The van der Waals surface area contributed by atoms with E-state index in [-0.39, 0.29) is 35.9 Å². The first-order valence-corrected chi connectivity index (χ1v) is 11.8. The van der Waals surface area contributed by atoms with Crippen molar-refractivity contribution < 1.29 is 9.59 Å². The van der Waals surface area contributed by atoms with Gasteiger partial charge in [-0.1, -0.05) is 49.7 Å². The molecule has 2 fully saturated rings. The fourth-order valence-electron chi connectivity index (χ4n) is 5.51. The second kappa shape index (κ2) is 8.16. The van der Waals surface area contributed by atoms with Crippen LogP contribution in [0.4, 0.5) is 5.69 Å². The van der Waals surface area contributed by atoms with Gasteiger partial charge in [-0.25, -0.2) is 0 Å². The Morgan fingerprint density at radius 1 is 1.21 bits per heavy atom. The van der Waals surface area contributed by atoms with Crippen molar-refractivity contribution in [3.8, 4) is 6.07 Å². The predicted octanol–water partition coefficient (Wildman–Crippen LogP) is 3.73. The van der Waals surface area contributed by atoms with Crippen LogP contribution < -0.4 is 10.2 Å². The second-order valence-electron chi connectivity index (χ2n) is 9.71. The first kappa shape index (κ1) is 21.9. The van der Waals surface area contributed by atoms with Gasteiger partial charge >= 0.3 is 0 Å². The number of benzene rings is 2. The first-order chi connectivity index (χ1) is 15.8. The van der Waals surface area contributed by atoms with Gasteiger partial charge in [0.1, 0.15) is 6.04 Å². The Kier molecular flexibility index (Phi) is 5.43. The average Bonchev–Trinajstić information content (AvgIpc) is 3.48. The second-order valence-corrected chi connectivity index (χ2v) is 10.1. The van der Waals surface area contributed by atoms with Gasteiger partial charge in [0.15, 0.2) is 0 Å². The maximum atomic E-state index is 13.6. The highest BCUT2D eigenvalue weighted by Crippen LogP contribution is 2.47. The SMILES string of the molecule is CC1(C)c2ccc(Cl)cc2C(=O)N(CCNCC(=O)N2C(C#N)C[C@@H]3C[C@@H]32)c2ccccc21. The standard InChI is InChI=1S/C26H27ClN4O2/c1-26(2)20-8-7-17(27)13-19(20)25(33)30(22-6-4-3-5-21(22)26)10-9-29-15-24(32)31-18(14-28)11-16-12-23(16)31/h3-8,13,16,18,23,29H,9-12,15H2,1-2H3/t16-,18?,23+/m1/s1. The summed E-state index contributed by atoms with van der Waals surface area (Å²) < 4.78 is 0. The van der Waals surface area contributed by atoms with Gasteiger partial charge in [-0.05, 0) is 48.1 Å². The van der Waals surface area contributed by atoms with Gasteiger partial charge in [-0.3, -0.25) is 9.59 Å². The molecule has 2 amide bonds. The van der Waals surface area contributed by atoms with E-state index in [0.717, 1.165) is 29.7 Å². The number of carbonyl (C=O) groups is 2. The molecule has 1 saturated heterocycles. The van der Waals surface area contributed by atoms with E-state index >= 15 is 0 Å². The number of rotatable bonds is 5. The minimum absolute atomic E-state index is 0.0348. The monoisotopic (exact) mass is 462 g/mol. The average molecular weight is 463 g/mol. The van der Waals surface area contributed by atoms with Crippen LogP contribution in [0.25, 0.3) is 0 Å². The third kappa shape index (κ3) is 3.70. The summed E-state index contributed by atoms with van der Waals surface area (Å²) in [4.78, 5) is 29.9. The van der Waals surface area contributed by atoms with Gasteiger partial charge in [0, 0.05) is 40.8 Å². The van der Waals surface area contributed by atoms with Crippen molar-refractivity contribution in [2.45, 2.75) is 44.2 Å². The number of anilines is 1. The number of hydrogen-bond acceptors (Lipinski definition) is 4. The van der Waals surface area contributed by atoms with Crippen LogP contribution in [-0.2, 0) is 10.2 Å². The molecule has 0 radical (unpaired) electrons. The maximum Gasteiger partial charge on any atom is 0.258 e. The summed E-state index contributed by atoms with van der Waals surface area (Å²) in [5.74, 6) is 0.371. The molecule has 2 aromatic rings. The largest absolute Gasteiger partial charge is 0.322 e. The molecule has 2 heterocycles. The molecule has 2 aromatic carbocycles. The summed E-state index contributed by atoms with van der Waals surface area (Å²) in [6, 6.07) is 15.7. The Hall–Kier alpha value is -2.88. The summed E-state index contributed by atoms with van der Waals surface area (Å²) in [5, 5.41) is 13.1. The molecule has 0 bridgehead atoms. The third-order valence-corrected chi connectivity index (χ3v) is 7.56. The molecular weight excluding hydrogens is 436 g/mol. The zero-order valence-corrected chi connectivity index (χ0v) is 19.6. The topological polar surface area (TPSA) is 76.4 Å². The zero-order valence-electron chi connectivity index (χ0n) is 18.8. The molecule has 5 rings (SSSR count). The van der Waals surface area contributed by atoms with E-state index in [1.54, 1.807) is 15.9 Å². The van der Waals surface area contributed by atoms with Crippen molar-refractivity contribution in [3.63, 3.8) is 0 Å². The number of nitriles is 1. The normalized spacial score (nSPS) is 24.4. The molecule has 2 aliphatic heterocycles. The molecular formula is C26H27ClN4O2. The highest BCUT2D eigenvalue weighted by atomic mass is 35.5. The van der Waals surface area contributed by atoms with E-state index in [4.69, 9.17) is 11.6 Å². The quantitative estimate of drug-likeness (QED) is 0.687. The zero-order chi connectivity index (χ0) is 23.3. The number of carbonyl (C=O) groups excluding carboxylic acids is 2. The lowest BCUT2D eigenvalue weighted by Gasteiger charge is -2.28. The van der Waals surface area contributed by atoms with Gasteiger partial charge in [0.05, 0.1) is 12.6 Å². The van der Waals surface area contributed by atoms with Crippen molar-refractivity contribution >= 4 is 29.1 Å². The number of likely N-dealkylation sites (tertiary alicyclic amines) is 1. The van der Waals surface area contributed by atoms with Crippen molar-refractivity contribution in [2.24, 2.45) is 5.92 Å². The van der Waals surface area contributed by atoms with Crippen LogP contribution in [0.2, 0.25) is 5.02 Å². The summed E-state index contributed by atoms with van der Waals surface area (Å²) in [6.45, 7) is 5.29. The fraction of sp³-hybridized carbons (Fsp3) is 0.423. The minimum atomic E-state index is -0.368. The number of halogens is 1. The smallest absolute Gasteiger partial charge is 0.258 e. The van der Waals surface area contributed by atoms with Gasteiger partial charge in [-0.2, -0.15) is 5.26 Å². The predicted molar refractivity (Wildman–Crippen MR) is 127 cm³/mol. The number of hydrogen-bond donors (Lipinski definition) is 1. The Labute approximate surface area is 199 Å². The number of nitrogens with one attached hydrogen (secondary N) is 1. The number of para-hydroxylation sites is 1. The summed E-state index contributed by atoms with van der Waals surface area (Å²) >= 11 is 6.26. The summed E-state index contributed by atoms with van der Waals surface area (Å²) in [6.07, 6.45) is 1.81. The van der Waals surface area contributed by atoms with Gasteiger partial charge < -0.3 is 15.1 Å². The van der Waals surface area contributed by atoms with Gasteiger partial charge in [0.25, 0.3) is 5.91 Å². The number of fused-ring (bicyclic) bond motifs is 3. The van der Waals surface area contributed by atoms with E-state index in [1.807, 2.05) is 30.3 Å². The highest BCUT2D eigenvalue weighted by Gasteiger charge is 2.53. The van der Waals surface area contributed by atoms with Crippen LogP contribution >= 0.6 is 11.6 Å². The highest BCUT2D eigenvalue weighted by molar-refractivity contribution is 6.31. The number of nitrogens with zero attached hydrogens (tertiary/aromatic N) is 3. The molecule has 0 spiro atoms. The van der Waals surface area contributed by atoms with E-state index < -0.39 is 0 Å². The van der Waals surface area contributed by atoms with Crippen molar-refractivity contribution in [1.82, 2.24) is 10.2 Å². The van der Waals surface area contributed by atoms with Crippen LogP contribution in [-0.4, -0.2) is 48.4 Å². The molecule has 0 aromatic heterocycles. The molecule has 1 saturated carbocycles. The fourth-order valence-corrected chi connectivity index (χ4v) is 5.68. The van der Waals surface area contributed by atoms with Crippen molar-refractivity contribution in [2.75, 3.05) is 24.5 Å². The minimum Gasteiger partial charge on any atom is -0.322 e. The maximum absolute atomic E-state index is 13.6. The summed E-state index contributed by atoms with van der Waals surface area (Å²) in [7, 11) is 0. The third-order valence-electron chi connectivity index (χ3n) is 7.33. The lowest BCUT2D eigenvalue weighted by Crippen LogP contribution is -2.44. The molecule has 170 valence electrons. The van der Waals surface area contributed by atoms with Crippen LogP contribution in [0.3, 0.4) is 0 Å². The molecule has 33 heavy (non-hydrogen) atoms. The Bertz CT molecular complexity index is 1170. The van der Waals surface area contributed by atoms with E-state index in [2.05, 4.69) is 31.3 Å². The van der Waals surface area contributed by atoms with Gasteiger partial charge in [-0.15, -0.1) is 0 Å². The van der Waals surface area contributed by atoms with Crippen LogP contribution in [0, 0.1) is 17.2 Å². The van der Waals surface area contributed by atoms with Crippen LogP contribution in [0.1, 0.15) is 48.2 Å². The lowest BCUT2D eigenvalue weighted by atomic mass is 9.76. The van der Waals surface area contributed by atoms with E-state index in [9.17, 15) is 14.9 Å². The first-order valence-electron chi connectivity index (χ1n) is 11.5. The number of piperidine rings is 1. The number of amides is 2. The van der Waals surface area contributed by atoms with Crippen molar-refractivity contribution in [3.05, 3.63) is 64.2 Å². The summed E-state index contributed by atoms with van der Waals surface area (Å²) in [5.41, 5.74) is 3.13. The molecule has 7 heteroatoms. The molecule has 1 N–H and O–H groups in total. The lowest BCUT2D eigenvalue weighted by molar-refractivity contribution is -0.131. The van der Waals surface area contributed by atoms with Gasteiger partial charge in [0.2, 0.25) is 5.91 Å². The van der Waals surface area contributed by atoms with Crippen LogP contribution in [0.15, 0.2) is 42.5 Å². The Morgan fingerprint density at radius 2 is 2.00 bits per heavy atom. The molecule has 1 unspecified atom stereocenters.